The highest BCUT2D eigenvalue weighted by Gasteiger charge is 2.48. The van der Waals surface area contributed by atoms with Crippen molar-refractivity contribution in [1.29, 1.82) is 0 Å². The minimum Gasteiger partial charge on any atom is -0.445 e. The van der Waals surface area contributed by atoms with E-state index in [4.69, 9.17) is 4.74 Å². The van der Waals surface area contributed by atoms with E-state index in [1.165, 1.54) is 4.68 Å². The van der Waals surface area contributed by atoms with Crippen molar-refractivity contribution in [2.45, 2.75) is 83.8 Å². The molecule has 0 radical (unpaired) electrons. The van der Waals surface area contributed by atoms with E-state index < -0.39 is 35.1 Å². The van der Waals surface area contributed by atoms with Gasteiger partial charge >= 0.3 is 6.09 Å². The number of hydrogen-bond donors (Lipinski definition) is 0. The molecule has 9 nitrogen and oxygen atoms in total. The van der Waals surface area contributed by atoms with E-state index in [1.807, 2.05) is 56.0 Å². The third-order valence-electron chi connectivity index (χ3n) is 8.93. The molecule has 2 aliphatic heterocycles. The Morgan fingerprint density at radius 2 is 1.70 bits per heavy atom. The Labute approximate surface area is 255 Å². The number of likely N-dealkylation sites (tertiary alicyclic amines) is 1. The fourth-order valence-electron chi connectivity index (χ4n) is 6.45. The monoisotopic (exact) mass is 612 g/mol. The highest BCUT2D eigenvalue weighted by Crippen LogP contribution is 2.33. The second kappa shape index (κ2) is 13.0. The molecule has 2 saturated heterocycles. The number of benzene rings is 2. The molecule has 12 heteroatoms. The standard InChI is InChI=1S/C32H39F3N6O3/c1-21-16-38(30(42)32(4)12-8-9-13-40(32)31(43)44-20-24-10-6-5-7-11-24)17-22(2)39(21)18-26-19-41(37-36-26)23(3)29-27(34)14-25(33)15-28(29)35/h5-7,10-11,14-15,19,21-23H,8-9,12-13,16-18,20H2,1-4H3/t21-,22+,23-,32?/m0/s1. The van der Waals surface area contributed by atoms with E-state index >= 15 is 0 Å². The quantitative estimate of drug-likeness (QED) is 0.360. The van der Waals surface area contributed by atoms with Crippen molar-refractivity contribution in [3.05, 3.63) is 82.9 Å². The van der Waals surface area contributed by atoms with E-state index in [0.29, 0.717) is 50.4 Å². The minimum absolute atomic E-state index is 0.0390. The van der Waals surface area contributed by atoms with Crippen molar-refractivity contribution >= 4 is 12.0 Å². The van der Waals surface area contributed by atoms with Gasteiger partial charge in [-0.05, 0) is 52.5 Å². The van der Waals surface area contributed by atoms with E-state index in [2.05, 4.69) is 15.2 Å². The number of piperidine rings is 1. The highest BCUT2D eigenvalue weighted by molar-refractivity contribution is 5.90. The zero-order chi connectivity index (χ0) is 31.6. The first-order chi connectivity index (χ1) is 21.0. The van der Waals surface area contributed by atoms with Gasteiger partial charge in [-0.3, -0.25) is 14.6 Å². The van der Waals surface area contributed by atoms with E-state index in [9.17, 15) is 22.8 Å². The molecule has 236 valence electrons. The molecule has 0 aliphatic carbocycles. The van der Waals surface area contributed by atoms with Crippen LogP contribution in [0, 0.1) is 17.5 Å². The number of halogens is 3. The van der Waals surface area contributed by atoms with Gasteiger partial charge in [-0.2, -0.15) is 0 Å². The summed E-state index contributed by atoms with van der Waals surface area (Å²) in [5.74, 6) is -3.03. The number of carbonyl (C=O) groups excluding carboxylic acids is 2. The fourth-order valence-corrected chi connectivity index (χ4v) is 6.45. The molecule has 0 spiro atoms. The third-order valence-corrected chi connectivity index (χ3v) is 8.93. The minimum atomic E-state index is -1.00. The largest absolute Gasteiger partial charge is 0.445 e. The lowest BCUT2D eigenvalue weighted by atomic mass is 9.86. The van der Waals surface area contributed by atoms with Gasteiger partial charge in [0.05, 0.1) is 17.9 Å². The topological polar surface area (TPSA) is 83.8 Å². The molecule has 2 aliphatic rings. The molecule has 0 bridgehead atoms. The van der Waals surface area contributed by atoms with E-state index in [0.717, 1.165) is 18.4 Å². The van der Waals surface area contributed by atoms with Gasteiger partial charge in [0.2, 0.25) is 5.91 Å². The van der Waals surface area contributed by atoms with Crippen LogP contribution in [0.1, 0.15) is 69.8 Å². The Kier molecular flexibility index (Phi) is 9.28. The summed E-state index contributed by atoms with van der Waals surface area (Å²) in [6.45, 7) is 9.41. The molecule has 3 heterocycles. The van der Waals surface area contributed by atoms with Crippen LogP contribution in [0.3, 0.4) is 0 Å². The Bertz CT molecular complexity index is 1450. The van der Waals surface area contributed by atoms with Crippen LogP contribution in [-0.2, 0) is 22.7 Å². The SMILES string of the molecule is C[C@@H]1CN(C(=O)C2(C)CCCCN2C(=O)OCc2ccccc2)C[C@H](C)N1Cc1cn([C@@H](C)c2c(F)cc(F)cc2F)nn1. The molecule has 2 aromatic carbocycles. The summed E-state index contributed by atoms with van der Waals surface area (Å²) in [5.41, 5.74) is 0.196. The van der Waals surface area contributed by atoms with Gasteiger partial charge in [0.25, 0.3) is 0 Å². The highest BCUT2D eigenvalue weighted by atomic mass is 19.1. The van der Waals surface area contributed by atoms with Gasteiger partial charge in [0, 0.05) is 56.0 Å². The second-order valence-electron chi connectivity index (χ2n) is 12.2. The summed E-state index contributed by atoms with van der Waals surface area (Å²) in [5, 5.41) is 8.31. The van der Waals surface area contributed by atoms with Crippen molar-refractivity contribution in [3.63, 3.8) is 0 Å². The maximum Gasteiger partial charge on any atom is 0.410 e. The molecule has 0 saturated carbocycles. The van der Waals surface area contributed by atoms with Crippen molar-refractivity contribution in [1.82, 2.24) is 29.7 Å². The van der Waals surface area contributed by atoms with Crippen molar-refractivity contribution in [3.8, 4) is 0 Å². The second-order valence-corrected chi connectivity index (χ2v) is 12.2. The maximum absolute atomic E-state index is 14.4. The first kappa shape index (κ1) is 31.5. The number of amides is 2. The molecule has 3 aromatic rings. The predicted molar refractivity (Wildman–Crippen MR) is 157 cm³/mol. The molecule has 1 unspecified atom stereocenters. The maximum atomic E-state index is 14.4. The molecule has 0 N–H and O–H groups in total. The lowest BCUT2D eigenvalue weighted by Crippen LogP contribution is -2.66. The van der Waals surface area contributed by atoms with Crippen LogP contribution >= 0.6 is 0 Å². The summed E-state index contributed by atoms with van der Waals surface area (Å²) >= 11 is 0. The third kappa shape index (κ3) is 6.45. The lowest BCUT2D eigenvalue weighted by molar-refractivity contribution is -0.149. The predicted octanol–water partition coefficient (Wildman–Crippen LogP) is 5.31. The Morgan fingerprint density at radius 3 is 2.36 bits per heavy atom. The summed E-state index contributed by atoms with van der Waals surface area (Å²) in [6.07, 6.45) is 3.36. The molecule has 44 heavy (non-hydrogen) atoms. The van der Waals surface area contributed by atoms with Gasteiger partial charge in [0.15, 0.2) is 0 Å². The number of piperazine rings is 1. The summed E-state index contributed by atoms with van der Waals surface area (Å²) in [7, 11) is 0. The Hall–Kier alpha value is -3.93. The normalized spacial score (nSPS) is 23.4. The van der Waals surface area contributed by atoms with Crippen molar-refractivity contribution in [2.75, 3.05) is 19.6 Å². The number of nitrogens with zero attached hydrogens (tertiary/aromatic N) is 6. The zero-order valence-corrected chi connectivity index (χ0v) is 25.5. The summed E-state index contributed by atoms with van der Waals surface area (Å²) in [4.78, 5) is 32.9. The average molecular weight is 613 g/mol. The van der Waals surface area contributed by atoms with Crippen LogP contribution < -0.4 is 0 Å². The van der Waals surface area contributed by atoms with Crippen molar-refractivity contribution in [2.24, 2.45) is 0 Å². The smallest absolute Gasteiger partial charge is 0.410 e. The van der Waals surface area contributed by atoms with E-state index in [1.54, 1.807) is 18.0 Å². The molecular formula is C32H39F3N6O3. The lowest BCUT2D eigenvalue weighted by Gasteiger charge is -2.49. The van der Waals surface area contributed by atoms with Gasteiger partial charge in [-0.25, -0.2) is 22.6 Å². The van der Waals surface area contributed by atoms with Gasteiger partial charge in [-0.1, -0.05) is 35.5 Å². The van der Waals surface area contributed by atoms with Crippen LogP contribution in [0.2, 0.25) is 0 Å². The van der Waals surface area contributed by atoms with Crippen LogP contribution in [0.15, 0.2) is 48.7 Å². The molecule has 2 fully saturated rings. The Morgan fingerprint density at radius 1 is 1.05 bits per heavy atom. The Balaban J connectivity index is 1.23. The zero-order valence-electron chi connectivity index (χ0n) is 25.5. The molecule has 5 rings (SSSR count). The van der Waals surface area contributed by atoms with Crippen LogP contribution in [-0.4, -0.2) is 79.0 Å². The van der Waals surface area contributed by atoms with Crippen LogP contribution in [0.25, 0.3) is 0 Å². The average Bonchev–Trinajstić information content (AvgIpc) is 3.46. The fraction of sp³-hybridized carbons (Fsp3) is 0.500. The number of hydrogen-bond acceptors (Lipinski definition) is 6. The number of rotatable bonds is 7. The molecule has 4 atom stereocenters. The van der Waals surface area contributed by atoms with Gasteiger partial charge in [0.1, 0.15) is 29.6 Å². The van der Waals surface area contributed by atoms with Crippen molar-refractivity contribution < 1.29 is 27.5 Å². The molecular weight excluding hydrogens is 573 g/mol. The molecule has 1 aromatic heterocycles. The van der Waals surface area contributed by atoms with Crippen LogP contribution in [0.4, 0.5) is 18.0 Å². The van der Waals surface area contributed by atoms with Gasteiger partial charge < -0.3 is 9.64 Å². The molecule has 2 amide bonds. The van der Waals surface area contributed by atoms with E-state index in [-0.39, 0.29) is 30.2 Å². The number of ether oxygens (including phenoxy) is 1. The first-order valence-electron chi connectivity index (χ1n) is 15.1. The summed E-state index contributed by atoms with van der Waals surface area (Å²) < 4.78 is 49.1. The first-order valence-corrected chi connectivity index (χ1v) is 15.1. The summed E-state index contributed by atoms with van der Waals surface area (Å²) in [6, 6.07) is 9.85. The van der Waals surface area contributed by atoms with Crippen LogP contribution in [0.5, 0.6) is 0 Å². The number of carbonyl (C=O) groups is 2. The number of aromatic nitrogens is 3. The van der Waals surface area contributed by atoms with Gasteiger partial charge in [-0.15, -0.1) is 5.10 Å².